The first kappa shape index (κ1) is 8.05. The van der Waals surface area contributed by atoms with Gasteiger partial charge in [-0.05, 0) is 37.6 Å². The Bertz CT molecular complexity index is 245. The SMILES string of the molecule is CCNc1ccc(F)c(C)c1. The zero-order chi connectivity index (χ0) is 8.27. The van der Waals surface area contributed by atoms with Crippen LogP contribution < -0.4 is 5.32 Å². The molecule has 0 fully saturated rings. The van der Waals surface area contributed by atoms with Crippen LogP contribution in [-0.2, 0) is 0 Å². The molecule has 1 nitrogen and oxygen atoms in total. The fourth-order valence-electron chi connectivity index (χ4n) is 0.959. The van der Waals surface area contributed by atoms with Crippen LogP contribution in [0.5, 0.6) is 0 Å². The standard InChI is InChI=1S/C9H12FN/c1-3-11-8-4-5-9(10)7(2)6-8/h4-6,11H,3H2,1-2H3. The van der Waals surface area contributed by atoms with Gasteiger partial charge in [-0.1, -0.05) is 0 Å². The van der Waals surface area contributed by atoms with Crippen molar-refractivity contribution in [2.45, 2.75) is 13.8 Å². The van der Waals surface area contributed by atoms with Gasteiger partial charge in [-0.25, -0.2) is 4.39 Å². The zero-order valence-corrected chi connectivity index (χ0v) is 6.82. The van der Waals surface area contributed by atoms with E-state index in [-0.39, 0.29) is 5.82 Å². The topological polar surface area (TPSA) is 12.0 Å². The van der Waals surface area contributed by atoms with Crippen LogP contribution in [0.15, 0.2) is 18.2 Å². The summed E-state index contributed by atoms with van der Waals surface area (Å²) in [6.45, 7) is 4.64. The summed E-state index contributed by atoms with van der Waals surface area (Å²) in [5.74, 6) is -0.147. The van der Waals surface area contributed by atoms with Crippen molar-refractivity contribution in [2.24, 2.45) is 0 Å². The average Bonchev–Trinajstić information content (AvgIpc) is 1.98. The van der Waals surface area contributed by atoms with E-state index < -0.39 is 0 Å². The molecular weight excluding hydrogens is 141 g/mol. The second-order valence-electron chi connectivity index (χ2n) is 2.49. The van der Waals surface area contributed by atoms with E-state index in [2.05, 4.69) is 5.32 Å². The van der Waals surface area contributed by atoms with Crippen LogP contribution in [0.3, 0.4) is 0 Å². The Labute approximate surface area is 66.2 Å². The number of nitrogens with one attached hydrogen (secondary N) is 1. The highest BCUT2D eigenvalue weighted by Gasteiger charge is 1.96. The van der Waals surface area contributed by atoms with Crippen molar-refractivity contribution in [3.8, 4) is 0 Å². The molecule has 0 saturated heterocycles. The van der Waals surface area contributed by atoms with Crippen LogP contribution in [0.4, 0.5) is 10.1 Å². The quantitative estimate of drug-likeness (QED) is 0.688. The first-order chi connectivity index (χ1) is 5.24. The third kappa shape index (κ3) is 1.93. The molecule has 0 heterocycles. The molecule has 0 bridgehead atoms. The summed E-state index contributed by atoms with van der Waals surface area (Å²) in [6.07, 6.45) is 0. The Balaban J connectivity index is 2.86. The lowest BCUT2D eigenvalue weighted by atomic mass is 10.2. The minimum atomic E-state index is -0.147. The van der Waals surface area contributed by atoms with Gasteiger partial charge in [-0.2, -0.15) is 0 Å². The lowest BCUT2D eigenvalue weighted by Crippen LogP contribution is -1.96. The smallest absolute Gasteiger partial charge is 0.126 e. The summed E-state index contributed by atoms with van der Waals surface area (Å²) >= 11 is 0. The van der Waals surface area contributed by atoms with Crippen LogP contribution in [0, 0.1) is 12.7 Å². The molecule has 0 aliphatic carbocycles. The minimum absolute atomic E-state index is 0.147. The van der Waals surface area contributed by atoms with Gasteiger partial charge in [0, 0.05) is 12.2 Å². The van der Waals surface area contributed by atoms with Gasteiger partial charge in [0.15, 0.2) is 0 Å². The summed E-state index contributed by atoms with van der Waals surface area (Å²) in [7, 11) is 0. The van der Waals surface area contributed by atoms with Crippen molar-refractivity contribution in [2.75, 3.05) is 11.9 Å². The van der Waals surface area contributed by atoms with Gasteiger partial charge in [-0.15, -0.1) is 0 Å². The number of halogens is 1. The Morgan fingerprint density at radius 2 is 2.18 bits per heavy atom. The Morgan fingerprint density at radius 3 is 2.73 bits per heavy atom. The van der Waals surface area contributed by atoms with Crippen molar-refractivity contribution in [1.82, 2.24) is 0 Å². The number of rotatable bonds is 2. The summed E-state index contributed by atoms with van der Waals surface area (Å²) in [5, 5.41) is 3.11. The maximum atomic E-state index is 12.7. The van der Waals surface area contributed by atoms with E-state index in [1.807, 2.05) is 6.92 Å². The first-order valence-corrected chi connectivity index (χ1v) is 3.74. The van der Waals surface area contributed by atoms with Crippen LogP contribution in [0.2, 0.25) is 0 Å². The second-order valence-corrected chi connectivity index (χ2v) is 2.49. The Morgan fingerprint density at radius 1 is 1.45 bits per heavy atom. The molecule has 0 spiro atoms. The number of benzene rings is 1. The molecule has 0 unspecified atom stereocenters. The highest BCUT2D eigenvalue weighted by molar-refractivity contribution is 5.45. The molecule has 60 valence electrons. The zero-order valence-electron chi connectivity index (χ0n) is 6.82. The fraction of sp³-hybridized carbons (Fsp3) is 0.333. The highest BCUT2D eigenvalue weighted by atomic mass is 19.1. The molecule has 0 aromatic heterocycles. The predicted molar refractivity (Wildman–Crippen MR) is 45.3 cm³/mol. The second kappa shape index (κ2) is 3.37. The number of anilines is 1. The van der Waals surface area contributed by atoms with E-state index in [0.717, 1.165) is 12.2 Å². The minimum Gasteiger partial charge on any atom is -0.385 e. The van der Waals surface area contributed by atoms with Crippen LogP contribution in [0.1, 0.15) is 12.5 Å². The maximum absolute atomic E-state index is 12.7. The van der Waals surface area contributed by atoms with Crippen molar-refractivity contribution in [3.05, 3.63) is 29.6 Å². The van der Waals surface area contributed by atoms with Crippen LogP contribution in [-0.4, -0.2) is 6.54 Å². The largest absolute Gasteiger partial charge is 0.385 e. The van der Waals surface area contributed by atoms with Gasteiger partial charge in [0.2, 0.25) is 0 Å². The van der Waals surface area contributed by atoms with Crippen molar-refractivity contribution in [1.29, 1.82) is 0 Å². The lowest BCUT2D eigenvalue weighted by molar-refractivity contribution is 0.618. The summed E-state index contributed by atoms with van der Waals surface area (Å²) in [6, 6.07) is 5.03. The summed E-state index contributed by atoms with van der Waals surface area (Å²) < 4.78 is 12.7. The van der Waals surface area contributed by atoms with E-state index >= 15 is 0 Å². The molecule has 0 atom stereocenters. The van der Waals surface area contributed by atoms with Crippen molar-refractivity contribution >= 4 is 5.69 Å². The monoisotopic (exact) mass is 153 g/mol. The lowest BCUT2D eigenvalue weighted by Gasteiger charge is -2.03. The van der Waals surface area contributed by atoms with E-state index in [4.69, 9.17) is 0 Å². The van der Waals surface area contributed by atoms with Crippen LogP contribution >= 0.6 is 0 Å². The molecule has 11 heavy (non-hydrogen) atoms. The molecule has 1 rings (SSSR count). The van der Waals surface area contributed by atoms with E-state index in [1.54, 1.807) is 19.1 Å². The highest BCUT2D eigenvalue weighted by Crippen LogP contribution is 2.12. The summed E-state index contributed by atoms with van der Waals surface area (Å²) in [5.41, 5.74) is 1.66. The molecule has 0 aliphatic heterocycles. The van der Waals surface area contributed by atoms with E-state index in [0.29, 0.717) is 5.56 Å². The average molecular weight is 153 g/mol. The van der Waals surface area contributed by atoms with Gasteiger partial charge >= 0.3 is 0 Å². The maximum Gasteiger partial charge on any atom is 0.126 e. The Hall–Kier alpha value is -1.05. The van der Waals surface area contributed by atoms with Gasteiger partial charge in [0.1, 0.15) is 5.82 Å². The van der Waals surface area contributed by atoms with Crippen molar-refractivity contribution in [3.63, 3.8) is 0 Å². The fourth-order valence-corrected chi connectivity index (χ4v) is 0.959. The van der Waals surface area contributed by atoms with E-state index in [1.165, 1.54) is 6.07 Å². The van der Waals surface area contributed by atoms with Gasteiger partial charge in [-0.3, -0.25) is 0 Å². The summed E-state index contributed by atoms with van der Waals surface area (Å²) in [4.78, 5) is 0. The molecular formula is C9H12FN. The van der Waals surface area contributed by atoms with Gasteiger partial charge in [0.05, 0.1) is 0 Å². The van der Waals surface area contributed by atoms with E-state index in [9.17, 15) is 4.39 Å². The molecule has 1 N–H and O–H groups in total. The predicted octanol–water partition coefficient (Wildman–Crippen LogP) is 2.57. The Kier molecular flexibility index (Phi) is 2.47. The molecule has 0 aliphatic rings. The number of hydrogen-bond donors (Lipinski definition) is 1. The number of hydrogen-bond acceptors (Lipinski definition) is 1. The molecule has 1 aromatic carbocycles. The van der Waals surface area contributed by atoms with Crippen molar-refractivity contribution < 1.29 is 4.39 Å². The normalized spacial score (nSPS) is 9.73. The molecule has 0 radical (unpaired) electrons. The molecule has 1 aromatic rings. The molecule has 0 saturated carbocycles. The van der Waals surface area contributed by atoms with Gasteiger partial charge in [0.25, 0.3) is 0 Å². The molecule has 0 amide bonds. The third-order valence-corrected chi connectivity index (χ3v) is 1.54. The number of aryl methyl sites for hydroxylation is 1. The third-order valence-electron chi connectivity index (χ3n) is 1.54. The van der Waals surface area contributed by atoms with Crippen LogP contribution in [0.25, 0.3) is 0 Å². The van der Waals surface area contributed by atoms with Gasteiger partial charge < -0.3 is 5.32 Å². The first-order valence-electron chi connectivity index (χ1n) is 3.74. The molecule has 2 heteroatoms.